The van der Waals surface area contributed by atoms with Crippen molar-refractivity contribution in [2.45, 2.75) is 26.3 Å². The molecule has 0 N–H and O–H groups in total. The van der Waals surface area contributed by atoms with Crippen LogP contribution in [0.2, 0.25) is 0 Å². The number of methoxy groups -OCH3 is 1. The third kappa shape index (κ3) is 5.82. The highest BCUT2D eigenvalue weighted by molar-refractivity contribution is 8.14. The minimum atomic E-state index is -3.10. The number of aryl methyl sites for hydroxylation is 2. The number of benzene rings is 2. The summed E-state index contributed by atoms with van der Waals surface area (Å²) >= 11 is 1.17. The molecule has 0 saturated carbocycles. The van der Waals surface area contributed by atoms with Gasteiger partial charge in [0.05, 0.1) is 30.1 Å². The van der Waals surface area contributed by atoms with E-state index in [0.717, 1.165) is 16.7 Å². The normalized spacial score (nSPS) is 20.1. The number of ether oxygens (including phenoxy) is 1. The van der Waals surface area contributed by atoms with Crippen LogP contribution < -0.4 is 9.64 Å². The second-order valence-electron chi connectivity index (χ2n) is 9.03. The number of aliphatic imine (C=N–C) groups is 1. The van der Waals surface area contributed by atoms with Gasteiger partial charge in [0.15, 0.2) is 15.0 Å². The van der Waals surface area contributed by atoms with Crippen molar-refractivity contribution >= 4 is 50.3 Å². The molecule has 1 fully saturated rings. The fourth-order valence-corrected chi connectivity index (χ4v) is 6.98. The predicted molar refractivity (Wildman–Crippen MR) is 144 cm³/mol. The summed E-state index contributed by atoms with van der Waals surface area (Å²) in [6.07, 6.45) is 2.15. The zero-order valence-corrected chi connectivity index (χ0v) is 22.4. The molecule has 1 saturated heterocycles. The summed E-state index contributed by atoms with van der Waals surface area (Å²) in [6.45, 7) is 3.92. The molecule has 2 aromatic rings. The SMILES string of the molecule is COc1ccc(/C=C2\N=C(SCC(=O)N(C)C3CCS(=O)(=O)C3)N(c3cc(C)cc(C)c3)C2=O)cc1. The highest BCUT2D eigenvalue weighted by Crippen LogP contribution is 2.31. The minimum absolute atomic E-state index is 0.0111. The average Bonchev–Trinajstić information content (AvgIpc) is 3.35. The number of thioether (sulfide) groups is 1. The molecule has 2 aliphatic heterocycles. The lowest BCUT2D eigenvalue weighted by atomic mass is 10.1. The first-order valence-electron chi connectivity index (χ1n) is 11.5. The standard InChI is InChI=1S/C26H29N3O5S2/c1-17-11-18(2)13-21(12-17)29-25(31)23(14-19-5-7-22(34-4)8-6-19)27-26(29)35-15-24(30)28(3)20-9-10-36(32,33)16-20/h5-8,11-14,20H,9-10,15-16H2,1-4H3/b23-14-. The lowest BCUT2D eigenvalue weighted by Crippen LogP contribution is -2.39. The monoisotopic (exact) mass is 527 g/mol. The van der Waals surface area contributed by atoms with Gasteiger partial charge in [0.2, 0.25) is 5.91 Å². The van der Waals surface area contributed by atoms with E-state index in [4.69, 9.17) is 4.74 Å². The Kier molecular flexibility index (Phi) is 7.56. The summed E-state index contributed by atoms with van der Waals surface area (Å²) in [6, 6.07) is 12.8. The molecule has 190 valence electrons. The highest BCUT2D eigenvalue weighted by Gasteiger charge is 2.35. The smallest absolute Gasteiger partial charge is 0.283 e. The van der Waals surface area contributed by atoms with E-state index in [2.05, 4.69) is 4.99 Å². The summed E-state index contributed by atoms with van der Waals surface area (Å²) < 4.78 is 28.9. The van der Waals surface area contributed by atoms with E-state index in [1.165, 1.54) is 21.6 Å². The second-order valence-corrected chi connectivity index (χ2v) is 12.2. The van der Waals surface area contributed by atoms with Crippen LogP contribution >= 0.6 is 11.8 Å². The van der Waals surface area contributed by atoms with Gasteiger partial charge in [-0.05, 0) is 67.3 Å². The Morgan fingerprint density at radius 1 is 1.19 bits per heavy atom. The van der Waals surface area contributed by atoms with E-state index in [9.17, 15) is 18.0 Å². The van der Waals surface area contributed by atoms with Crippen LogP contribution in [-0.2, 0) is 19.4 Å². The number of amides is 2. The van der Waals surface area contributed by atoms with Crippen LogP contribution in [0.4, 0.5) is 5.69 Å². The third-order valence-electron chi connectivity index (χ3n) is 6.19. The molecule has 10 heteroatoms. The Morgan fingerprint density at radius 3 is 2.44 bits per heavy atom. The number of hydrogen-bond acceptors (Lipinski definition) is 7. The van der Waals surface area contributed by atoms with E-state index in [1.54, 1.807) is 20.2 Å². The van der Waals surface area contributed by atoms with Gasteiger partial charge in [-0.2, -0.15) is 0 Å². The van der Waals surface area contributed by atoms with Gasteiger partial charge in [-0.25, -0.2) is 13.4 Å². The molecule has 1 unspecified atom stereocenters. The lowest BCUT2D eigenvalue weighted by molar-refractivity contribution is -0.128. The van der Waals surface area contributed by atoms with Gasteiger partial charge in [-0.3, -0.25) is 14.5 Å². The van der Waals surface area contributed by atoms with Crippen LogP contribution in [-0.4, -0.2) is 67.8 Å². The predicted octanol–water partition coefficient (Wildman–Crippen LogP) is 3.43. The first kappa shape index (κ1) is 26.0. The van der Waals surface area contributed by atoms with Crippen LogP contribution in [0.1, 0.15) is 23.1 Å². The van der Waals surface area contributed by atoms with Crippen LogP contribution in [0.15, 0.2) is 53.2 Å². The van der Waals surface area contributed by atoms with Crippen molar-refractivity contribution in [3.05, 3.63) is 64.9 Å². The zero-order valence-electron chi connectivity index (χ0n) is 20.7. The number of carbonyl (C=O) groups excluding carboxylic acids is 2. The number of hydrogen-bond donors (Lipinski definition) is 0. The van der Waals surface area contributed by atoms with Crippen molar-refractivity contribution in [1.29, 1.82) is 0 Å². The summed E-state index contributed by atoms with van der Waals surface area (Å²) in [5.41, 5.74) is 3.77. The Bertz CT molecular complexity index is 1330. The second kappa shape index (κ2) is 10.5. The molecule has 1 atom stereocenters. The van der Waals surface area contributed by atoms with Crippen LogP contribution in [0.25, 0.3) is 6.08 Å². The van der Waals surface area contributed by atoms with Crippen molar-refractivity contribution in [2.24, 2.45) is 4.99 Å². The van der Waals surface area contributed by atoms with Crippen molar-refractivity contribution in [1.82, 2.24) is 4.90 Å². The Labute approximate surface area is 215 Å². The van der Waals surface area contributed by atoms with E-state index >= 15 is 0 Å². The fourth-order valence-electron chi connectivity index (χ4n) is 4.27. The topological polar surface area (TPSA) is 96.3 Å². The number of nitrogens with zero attached hydrogens (tertiary/aromatic N) is 3. The van der Waals surface area contributed by atoms with E-state index in [0.29, 0.717) is 23.0 Å². The third-order valence-corrected chi connectivity index (χ3v) is 8.86. The maximum Gasteiger partial charge on any atom is 0.283 e. The molecule has 0 radical (unpaired) electrons. The number of carbonyl (C=O) groups is 2. The fraction of sp³-hybridized carbons (Fsp3) is 0.346. The van der Waals surface area contributed by atoms with Gasteiger partial charge in [-0.15, -0.1) is 0 Å². The molecule has 2 aliphatic rings. The summed E-state index contributed by atoms with van der Waals surface area (Å²) in [7, 11) is 0.124. The first-order valence-corrected chi connectivity index (χ1v) is 14.3. The number of anilines is 1. The van der Waals surface area contributed by atoms with E-state index in [1.807, 2.05) is 56.3 Å². The first-order chi connectivity index (χ1) is 17.1. The maximum atomic E-state index is 13.5. The molecule has 0 spiro atoms. The summed E-state index contributed by atoms with van der Waals surface area (Å²) in [5.74, 6) is 0.360. The number of sulfone groups is 1. The zero-order chi connectivity index (χ0) is 26.0. The van der Waals surface area contributed by atoms with Crippen molar-refractivity contribution in [2.75, 3.05) is 36.3 Å². The van der Waals surface area contributed by atoms with E-state index < -0.39 is 9.84 Å². The maximum absolute atomic E-state index is 13.5. The number of rotatable bonds is 6. The molecule has 2 heterocycles. The lowest BCUT2D eigenvalue weighted by Gasteiger charge is -2.24. The minimum Gasteiger partial charge on any atom is -0.497 e. The largest absolute Gasteiger partial charge is 0.497 e. The molecule has 0 bridgehead atoms. The van der Waals surface area contributed by atoms with Gasteiger partial charge < -0.3 is 9.64 Å². The molecular formula is C26H29N3O5S2. The number of amidine groups is 1. The van der Waals surface area contributed by atoms with Crippen LogP contribution in [0, 0.1) is 13.8 Å². The molecule has 2 amide bonds. The van der Waals surface area contributed by atoms with Crippen molar-refractivity contribution < 1.29 is 22.7 Å². The van der Waals surface area contributed by atoms with Gasteiger partial charge in [-0.1, -0.05) is 30.0 Å². The van der Waals surface area contributed by atoms with Gasteiger partial charge in [0.1, 0.15) is 11.4 Å². The van der Waals surface area contributed by atoms with Crippen LogP contribution in [0.3, 0.4) is 0 Å². The van der Waals surface area contributed by atoms with Gasteiger partial charge in [0.25, 0.3) is 5.91 Å². The van der Waals surface area contributed by atoms with Gasteiger partial charge in [0, 0.05) is 13.1 Å². The van der Waals surface area contributed by atoms with E-state index in [-0.39, 0.29) is 40.8 Å². The molecule has 0 aliphatic carbocycles. The molecule has 2 aromatic carbocycles. The quantitative estimate of drug-likeness (QED) is 0.534. The summed E-state index contributed by atoms with van der Waals surface area (Å²) in [4.78, 5) is 34.0. The average molecular weight is 528 g/mol. The Morgan fingerprint density at radius 2 is 1.86 bits per heavy atom. The molecule has 4 rings (SSSR count). The molecule has 0 aromatic heterocycles. The highest BCUT2D eigenvalue weighted by atomic mass is 32.2. The van der Waals surface area contributed by atoms with Gasteiger partial charge >= 0.3 is 0 Å². The van der Waals surface area contributed by atoms with Crippen molar-refractivity contribution in [3.63, 3.8) is 0 Å². The molecule has 8 nitrogen and oxygen atoms in total. The van der Waals surface area contributed by atoms with Crippen molar-refractivity contribution in [3.8, 4) is 5.75 Å². The molecular weight excluding hydrogens is 498 g/mol. The Balaban J connectivity index is 1.59. The Hall–Kier alpha value is -3.11. The molecule has 36 heavy (non-hydrogen) atoms. The summed E-state index contributed by atoms with van der Waals surface area (Å²) in [5, 5.41) is 0.408. The van der Waals surface area contributed by atoms with Crippen LogP contribution in [0.5, 0.6) is 5.75 Å².